The van der Waals surface area contributed by atoms with E-state index in [1.807, 2.05) is 60.7 Å². The van der Waals surface area contributed by atoms with E-state index in [9.17, 15) is 9.59 Å². The van der Waals surface area contributed by atoms with Crippen molar-refractivity contribution in [1.29, 1.82) is 0 Å². The number of anilines is 1. The number of para-hydroxylation sites is 1. The Balaban J connectivity index is 1.49. The number of rotatable bonds is 4. The molecular weight excluding hydrogens is 342 g/mol. The minimum Gasteiger partial charge on any atom is -0.355 e. The average molecular weight is 361 g/mol. The first-order valence-corrected chi connectivity index (χ1v) is 8.91. The van der Waals surface area contributed by atoms with Gasteiger partial charge in [-0.2, -0.15) is 0 Å². The van der Waals surface area contributed by atoms with Gasteiger partial charge in [0, 0.05) is 23.9 Å². The number of hydrogen-bond acceptors (Lipinski definition) is 4. The molecule has 2 aromatic carbocycles. The second-order valence-corrected chi connectivity index (χ2v) is 6.45. The zero-order valence-corrected chi connectivity index (χ0v) is 14.7. The molecule has 6 heteroatoms. The summed E-state index contributed by atoms with van der Waals surface area (Å²) in [6, 6.07) is 19.8. The maximum Gasteiger partial charge on any atom is 0.276 e. The van der Waals surface area contributed by atoms with E-state index in [1.165, 1.54) is 0 Å². The van der Waals surface area contributed by atoms with Crippen LogP contribution in [0, 0.1) is 0 Å². The summed E-state index contributed by atoms with van der Waals surface area (Å²) in [6.07, 6.45) is 1.41. The van der Waals surface area contributed by atoms with Gasteiger partial charge in [0.25, 0.3) is 5.91 Å². The Morgan fingerprint density at radius 1 is 1.04 bits per heavy atom. The normalized spacial score (nSPS) is 16.3. The van der Waals surface area contributed by atoms with E-state index in [2.05, 4.69) is 10.5 Å². The Hall–Kier alpha value is -3.41. The lowest BCUT2D eigenvalue weighted by molar-refractivity contribution is -0.119. The first-order valence-electron chi connectivity index (χ1n) is 8.91. The molecule has 4 rings (SSSR count). The molecule has 1 aliphatic rings. The van der Waals surface area contributed by atoms with E-state index < -0.39 is 6.04 Å². The Bertz CT molecular complexity index is 938. The highest BCUT2D eigenvalue weighted by molar-refractivity contribution is 6.01. The van der Waals surface area contributed by atoms with Crippen LogP contribution in [0.4, 0.5) is 5.69 Å². The van der Waals surface area contributed by atoms with Crippen LogP contribution in [-0.2, 0) is 4.79 Å². The van der Waals surface area contributed by atoms with Crippen molar-refractivity contribution in [3.05, 3.63) is 72.4 Å². The van der Waals surface area contributed by atoms with E-state index in [0.29, 0.717) is 18.7 Å². The highest BCUT2D eigenvalue weighted by Gasteiger charge is 2.35. The Morgan fingerprint density at radius 2 is 1.74 bits per heavy atom. The lowest BCUT2D eigenvalue weighted by Gasteiger charge is -2.22. The summed E-state index contributed by atoms with van der Waals surface area (Å²) >= 11 is 0. The molecular formula is C21H19N3O3. The second-order valence-electron chi connectivity index (χ2n) is 6.45. The van der Waals surface area contributed by atoms with Crippen molar-refractivity contribution in [2.45, 2.75) is 18.9 Å². The van der Waals surface area contributed by atoms with Crippen LogP contribution in [-0.4, -0.2) is 34.5 Å². The van der Waals surface area contributed by atoms with Crippen LogP contribution in [0.1, 0.15) is 23.3 Å². The molecule has 6 nitrogen and oxygen atoms in total. The summed E-state index contributed by atoms with van der Waals surface area (Å²) in [5.41, 5.74) is 1.78. The minimum atomic E-state index is -0.505. The van der Waals surface area contributed by atoms with Crippen molar-refractivity contribution >= 4 is 17.5 Å². The van der Waals surface area contributed by atoms with Crippen LogP contribution in [0.2, 0.25) is 0 Å². The van der Waals surface area contributed by atoms with E-state index in [1.54, 1.807) is 11.0 Å². The first-order chi connectivity index (χ1) is 13.2. The molecule has 2 amide bonds. The molecule has 1 saturated heterocycles. The highest BCUT2D eigenvalue weighted by Crippen LogP contribution is 2.24. The van der Waals surface area contributed by atoms with Crippen molar-refractivity contribution in [1.82, 2.24) is 10.1 Å². The third-order valence-electron chi connectivity index (χ3n) is 4.65. The summed E-state index contributed by atoms with van der Waals surface area (Å²) < 4.78 is 5.32. The zero-order chi connectivity index (χ0) is 18.6. The van der Waals surface area contributed by atoms with Gasteiger partial charge in [-0.05, 0) is 25.0 Å². The van der Waals surface area contributed by atoms with Crippen LogP contribution >= 0.6 is 0 Å². The third kappa shape index (κ3) is 3.60. The number of benzene rings is 2. The topological polar surface area (TPSA) is 75.4 Å². The fraction of sp³-hybridized carbons (Fsp3) is 0.190. The predicted molar refractivity (Wildman–Crippen MR) is 101 cm³/mol. The largest absolute Gasteiger partial charge is 0.355 e. The van der Waals surface area contributed by atoms with Gasteiger partial charge in [-0.3, -0.25) is 9.59 Å². The molecule has 3 aromatic rings. The number of nitrogens with zero attached hydrogens (tertiary/aromatic N) is 2. The van der Waals surface area contributed by atoms with Crippen LogP contribution < -0.4 is 5.32 Å². The molecule has 1 atom stereocenters. The molecule has 1 aromatic heterocycles. The third-order valence-corrected chi connectivity index (χ3v) is 4.65. The van der Waals surface area contributed by atoms with Crippen molar-refractivity contribution in [2.24, 2.45) is 0 Å². The number of aromatic nitrogens is 1. The summed E-state index contributed by atoms with van der Waals surface area (Å²) in [5.74, 6) is 0.0638. The van der Waals surface area contributed by atoms with Crippen LogP contribution in [0.5, 0.6) is 0 Å². The van der Waals surface area contributed by atoms with Gasteiger partial charge < -0.3 is 14.7 Å². The number of carbonyl (C=O) groups excluding carboxylic acids is 2. The lowest BCUT2D eigenvalue weighted by atomic mass is 10.1. The smallest absolute Gasteiger partial charge is 0.276 e. The van der Waals surface area contributed by atoms with E-state index in [-0.39, 0.29) is 17.5 Å². The van der Waals surface area contributed by atoms with Gasteiger partial charge in [0.1, 0.15) is 6.04 Å². The van der Waals surface area contributed by atoms with E-state index in [0.717, 1.165) is 17.7 Å². The van der Waals surface area contributed by atoms with Gasteiger partial charge in [0.15, 0.2) is 11.5 Å². The molecule has 2 heterocycles. The van der Waals surface area contributed by atoms with Gasteiger partial charge in [-0.15, -0.1) is 0 Å². The number of nitrogens with one attached hydrogen (secondary N) is 1. The molecule has 1 N–H and O–H groups in total. The van der Waals surface area contributed by atoms with Gasteiger partial charge >= 0.3 is 0 Å². The molecule has 1 aliphatic heterocycles. The molecule has 0 saturated carbocycles. The van der Waals surface area contributed by atoms with Crippen molar-refractivity contribution < 1.29 is 14.1 Å². The van der Waals surface area contributed by atoms with Crippen LogP contribution in [0.25, 0.3) is 11.3 Å². The quantitative estimate of drug-likeness (QED) is 0.771. The summed E-state index contributed by atoms with van der Waals surface area (Å²) in [5, 5.41) is 6.79. The van der Waals surface area contributed by atoms with Gasteiger partial charge in [-0.25, -0.2) is 0 Å². The summed E-state index contributed by atoms with van der Waals surface area (Å²) in [6.45, 7) is 0.527. The van der Waals surface area contributed by atoms with Gasteiger partial charge in [0.2, 0.25) is 5.91 Å². The Morgan fingerprint density at radius 3 is 2.48 bits per heavy atom. The Kier molecular flexibility index (Phi) is 4.70. The molecule has 0 aliphatic carbocycles. The van der Waals surface area contributed by atoms with E-state index >= 15 is 0 Å². The molecule has 1 fully saturated rings. The average Bonchev–Trinajstić information content (AvgIpc) is 3.39. The van der Waals surface area contributed by atoms with E-state index in [4.69, 9.17) is 4.52 Å². The monoisotopic (exact) mass is 361 g/mol. The standard InChI is InChI=1S/C21H19N3O3/c25-20(22-16-10-5-2-6-11-16)18-12-7-13-24(18)21(26)17-14-19(27-23-17)15-8-3-1-4-9-15/h1-6,8-11,14,18H,7,12-13H2,(H,22,25)/t18-/m0/s1. The molecule has 0 radical (unpaired) electrons. The van der Waals surface area contributed by atoms with Gasteiger partial charge in [0.05, 0.1) is 0 Å². The minimum absolute atomic E-state index is 0.182. The molecule has 0 unspecified atom stereocenters. The van der Waals surface area contributed by atoms with Crippen LogP contribution in [0.3, 0.4) is 0 Å². The highest BCUT2D eigenvalue weighted by atomic mass is 16.5. The van der Waals surface area contributed by atoms with Gasteiger partial charge in [-0.1, -0.05) is 53.7 Å². The number of hydrogen-bond donors (Lipinski definition) is 1. The van der Waals surface area contributed by atoms with Crippen LogP contribution in [0.15, 0.2) is 71.3 Å². The Labute approximate surface area is 156 Å². The number of amides is 2. The molecule has 0 spiro atoms. The molecule has 0 bridgehead atoms. The fourth-order valence-electron chi connectivity index (χ4n) is 3.29. The second kappa shape index (κ2) is 7.45. The number of likely N-dealkylation sites (tertiary alicyclic amines) is 1. The predicted octanol–water partition coefficient (Wildman–Crippen LogP) is 3.58. The number of carbonyl (C=O) groups is 2. The van der Waals surface area contributed by atoms with Crippen molar-refractivity contribution in [2.75, 3.05) is 11.9 Å². The maximum absolute atomic E-state index is 12.9. The van der Waals surface area contributed by atoms with Crippen molar-refractivity contribution in [3.63, 3.8) is 0 Å². The first kappa shape index (κ1) is 17.0. The lowest BCUT2D eigenvalue weighted by Crippen LogP contribution is -2.43. The summed E-state index contributed by atoms with van der Waals surface area (Å²) in [4.78, 5) is 27.1. The fourth-order valence-corrected chi connectivity index (χ4v) is 3.29. The molecule has 136 valence electrons. The zero-order valence-electron chi connectivity index (χ0n) is 14.7. The van der Waals surface area contributed by atoms with Crippen molar-refractivity contribution in [3.8, 4) is 11.3 Å². The molecule has 27 heavy (non-hydrogen) atoms. The maximum atomic E-state index is 12.9. The summed E-state index contributed by atoms with van der Waals surface area (Å²) in [7, 11) is 0. The SMILES string of the molecule is O=C(Nc1ccccc1)[C@@H]1CCCN1C(=O)c1cc(-c2ccccc2)on1.